The summed E-state index contributed by atoms with van der Waals surface area (Å²) in [6.07, 6.45) is 1.57. The molecule has 1 heterocycles. The second kappa shape index (κ2) is 8.77. The Morgan fingerprint density at radius 3 is 2.78 bits per heavy atom. The Bertz CT molecular complexity index is 217. The first-order valence-electron chi connectivity index (χ1n) is 7.00. The molecule has 1 saturated heterocycles. The number of hydrogen-bond donors (Lipinski definition) is 2. The summed E-state index contributed by atoms with van der Waals surface area (Å²) in [7, 11) is 0. The van der Waals surface area contributed by atoms with Crippen LogP contribution in [-0.4, -0.2) is 55.3 Å². The summed E-state index contributed by atoms with van der Waals surface area (Å²) in [6.45, 7) is 5.09. The minimum Gasteiger partial charge on any atom is -0.396 e. The molecule has 2 atom stereocenters. The molecule has 0 saturated carbocycles. The molecule has 5 heteroatoms. The average molecular weight is 264 g/mol. The third kappa shape index (κ3) is 6.07. The van der Waals surface area contributed by atoms with Crippen LogP contribution < -0.4 is 5.32 Å². The largest absolute Gasteiger partial charge is 0.396 e. The van der Waals surface area contributed by atoms with Gasteiger partial charge >= 0.3 is 0 Å². The van der Waals surface area contributed by atoms with E-state index in [9.17, 15) is 8.78 Å². The van der Waals surface area contributed by atoms with Gasteiger partial charge in [-0.3, -0.25) is 0 Å². The van der Waals surface area contributed by atoms with Crippen LogP contribution in [0.5, 0.6) is 0 Å². The molecule has 3 nitrogen and oxygen atoms in total. The van der Waals surface area contributed by atoms with Crippen molar-refractivity contribution in [3.63, 3.8) is 0 Å². The van der Waals surface area contributed by atoms with Gasteiger partial charge in [0.2, 0.25) is 0 Å². The van der Waals surface area contributed by atoms with E-state index in [1.807, 2.05) is 0 Å². The van der Waals surface area contributed by atoms with E-state index in [-0.39, 0.29) is 19.2 Å². The fourth-order valence-corrected chi connectivity index (χ4v) is 2.79. The van der Waals surface area contributed by atoms with Crippen molar-refractivity contribution in [2.45, 2.75) is 45.1 Å². The average Bonchev–Trinajstić information content (AvgIpc) is 2.34. The van der Waals surface area contributed by atoms with E-state index in [1.165, 1.54) is 0 Å². The van der Waals surface area contributed by atoms with Crippen molar-refractivity contribution < 1.29 is 13.9 Å². The lowest BCUT2D eigenvalue weighted by molar-refractivity contribution is 0.104. The first-order valence-corrected chi connectivity index (χ1v) is 7.00. The maximum absolute atomic E-state index is 12.2. The van der Waals surface area contributed by atoms with Gasteiger partial charge < -0.3 is 15.3 Å². The summed E-state index contributed by atoms with van der Waals surface area (Å²) >= 11 is 0. The van der Waals surface area contributed by atoms with E-state index < -0.39 is 6.43 Å². The van der Waals surface area contributed by atoms with Crippen LogP contribution in [0.25, 0.3) is 0 Å². The summed E-state index contributed by atoms with van der Waals surface area (Å²) in [5.74, 6) is 0.521. The van der Waals surface area contributed by atoms with Crippen molar-refractivity contribution in [3.8, 4) is 0 Å². The number of nitrogens with zero attached hydrogens (tertiary/aromatic N) is 1. The molecule has 2 unspecified atom stereocenters. The maximum Gasteiger partial charge on any atom is 0.250 e. The van der Waals surface area contributed by atoms with Gasteiger partial charge in [0.1, 0.15) is 0 Å². The molecule has 2 N–H and O–H groups in total. The Labute approximate surface area is 109 Å². The van der Waals surface area contributed by atoms with Gasteiger partial charge in [0.25, 0.3) is 6.43 Å². The van der Waals surface area contributed by atoms with Gasteiger partial charge in [-0.25, -0.2) is 8.78 Å². The van der Waals surface area contributed by atoms with Crippen LogP contribution in [0.4, 0.5) is 8.78 Å². The number of alkyl halides is 2. The van der Waals surface area contributed by atoms with E-state index in [0.717, 1.165) is 45.3 Å². The Balaban J connectivity index is 2.40. The van der Waals surface area contributed by atoms with Gasteiger partial charge in [-0.2, -0.15) is 0 Å². The maximum atomic E-state index is 12.2. The highest BCUT2D eigenvalue weighted by Crippen LogP contribution is 2.21. The van der Waals surface area contributed by atoms with Gasteiger partial charge in [-0.15, -0.1) is 0 Å². The fourth-order valence-electron chi connectivity index (χ4n) is 2.79. The number of piperidine rings is 1. The van der Waals surface area contributed by atoms with Gasteiger partial charge in [0.05, 0.1) is 6.54 Å². The normalized spacial score (nSPS) is 25.8. The second-order valence-electron chi connectivity index (χ2n) is 5.22. The number of aliphatic hydroxyl groups excluding tert-OH is 1. The SMILES string of the molecule is CCCN1CC(CCCO)CC(NCC(F)F)C1. The number of hydrogen-bond acceptors (Lipinski definition) is 3. The van der Waals surface area contributed by atoms with Crippen LogP contribution in [-0.2, 0) is 0 Å². The van der Waals surface area contributed by atoms with E-state index in [1.54, 1.807) is 0 Å². The van der Waals surface area contributed by atoms with Crippen molar-refractivity contribution in [2.75, 3.05) is 32.8 Å². The fraction of sp³-hybridized carbons (Fsp3) is 1.00. The highest BCUT2D eigenvalue weighted by molar-refractivity contribution is 4.83. The van der Waals surface area contributed by atoms with Crippen LogP contribution >= 0.6 is 0 Å². The van der Waals surface area contributed by atoms with Crippen LogP contribution in [0.2, 0.25) is 0 Å². The molecule has 18 heavy (non-hydrogen) atoms. The van der Waals surface area contributed by atoms with E-state index in [0.29, 0.717) is 5.92 Å². The molecule has 0 aliphatic carbocycles. The standard InChI is InChI=1S/C13H26F2N2O/c1-2-5-17-9-11(4-3-6-18)7-12(10-17)16-8-13(14)15/h11-13,16,18H,2-10H2,1H3. The molecule has 0 amide bonds. The molecule has 1 rings (SSSR count). The topological polar surface area (TPSA) is 35.5 Å². The molecular weight excluding hydrogens is 238 g/mol. The van der Waals surface area contributed by atoms with Crippen LogP contribution in [0.1, 0.15) is 32.6 Å². The highest BCUT2D eigenvalue weighted by atomic mass is 19.3. The lowest BCUT2D eigenvalue weighted by atomic mass is 9.90. The summed E-state index contributed by atoms with van der Waals surface area (Å²) in [5, 5.41) is 11.8. The minimum absolute atomic E-state index is 0.169. The van der Waals surface area contributed by atoms with Crippen molar-refractivity contribution in [1.29, 1.82) is 0 Å². The lowest BCUT2D eigenvalue weighted by Gasteiger charge is -2.38. The second-order valence-corrected chi connectivity index (χ2v) is 5.22. The van der Waals surface area contributed by atoms with Gasteiger partial charge in [0.15, 0.2) is 0 Å². The molecule has 0 bridgehead atoms. The first-order chi connectivity index (χ1) is 8.65. The number of aliphatic hydroxyl groups is 1. The summed E-state index contributed by atoms with van der Waals surface area (Å²) in [6, 6.07) is 0.169. The number of rotatable bonds is 8. The highest BCUT2D eigenvalue weighted by Gasteiger charge is 2.26. The van der Waals surface area contributed by atoms with E-state index in [2.05, 4.69) is 17.1 Å². The quantitative estimate of drug-likeness (QED) is 0.700. The predicted molar refractivity (Wildman–Crippen MR) is 69.0 cm³/mol. The zero-order chi connectivity index (χ0) is 13.4. The molecule has 0 aromatic rings. The number of halogens is 2. The summed E-state index contributed by atoms with van der Waals surface area (Å²) in [5.41, 5.74) is 0. The lowest BCUT2D eigenvalue weighted by Crippen LogP contribution is -2.50. The molecule has 1 fully saturated rings. The Morgan fingerprint density at radius 1 is 1.39 bits per heavy atom. The summed E-state index contributed by atoms with van der Waals surface area (Å²) < 4.78 is 24.5. The molecule has 1 aliphatic heterocycles. The number of nitrogens with one attached hydrogen (secondary N) is 1. The van der Waals surface area contributed by atoms with Crippen molar-refractivity contribution >= 4 is 0 Å². The van der Waals surface area contributed by atoms with Crippen molar-refractivity contribution in [2.24, 2.45) is 5.92 Å². The van der Waals surface area contributed by atoms with Crippen LogP contribution in [0, 0.1) is 5.92 Å². The third-order valence-corrected chi connectivity index (χ3v) is 3.48. The van der Waals surface area contributed by atoms with Crippen molar-refractivity contribution in [1.82, 2.24) is 10.2 Å². The third-order valence-electron chi connectivity index (χ3n) is 3.48. The molecular formula is C13H26F2N2O. The zero-order valence-electron chi connectivity index (χ0n) is 11.2. The Kier molecular flexibility index (Phi) is 7.70. The van der Waals surface area contributed by atoms with Crippen molar-refractivity contribution in [3.05, 3.63) is 0 Å². The van der Waals surface area contributed by atoms with E-state index in [4.69, 9.17) is 5.11 Å². The Hall–Kier alpha value is -0.260. The molecule has 1 aliphatic rings. The van der Waals surface area contributed by atoms with Crippen LogP contribution in [0.15, 0.2) is 0 Å². The number of likely N-dealkylation sites (tertiary alicyclic amines) is 1. The zero-order valence-corrected chi connectivity index (χ0v) is 11.2. The van der Waals surface area contributed by atoms with E-state index >= 15 is 0 Å². The first kappa shape index (κ1) is 15.8. The molecule has 0 aromatic carbocycles. The molecule has 0 aromatic heterocycles. The molecule has 0 spiro atoms. The smallest absolute Gasteiger partial charge is 0.250 e. The van der Waals surface area contributed by atoms with Gasteiger partial charge in [0, 0.05) is 25.7 Å². The summed E-state index contributed by atoms with van der Waals surface area (Å²) in [4.78, 5) is 2.36. The monoisotopic (exact) mass is 264 g/mol. The van der Waals surface area contributed by atoms with Gasteiger partial charge in [-0.1, -0.05) is 6.92 Å². The predicted octanol–water partition coefficient (Wildman–Crippen LogP) is 1.71. The minimum atomic E-state index is -2.28. The van der Waals surface area contributed by atoms with Gasteiger partial charge in [-0.05, 0) is 38.1 Å². The Morgan fingerprint density at radius 2 is 2.17 bits per heavy atom. The molecule has 0 radical (unpaired) electrons. The molecule has 108 valence electrons. The van der Waals surface area contributed by atoms with Crippen LogP contribution in [0.3, 0.4) is 0 Å².